The zero-order valence-corrected chi connectivity index (χ0v) is 11.1. The number of rotatable bonds is 4. The highest BCUT2D eigenvalue weighted by Gasteiger charge is 2.34. The molecule has 1 aromatic rings. The fourth-order valence-electron chi connectivity index (χ4n) is 2.65. The maximum atomic E-state index is 5.79. The highest BCUT2D eigenvalue weighted by atomic mass is 32.1. The van der Waals surface area contributed by atoms with Crippen LogP contribution in [0.25, 0.3) is 0 Å². The Hall–Kier alpha value is -0.380. The summed E-state index contributed by atoms with van der Waals surface area (Å²) >= 11 is 1.90. The molecular formula is C13H21NOS. The van der Waals surface area contributed by atoms with E-state index in [4.69, 9.17) is 4.74 Å². The first-order valence-corrected chi connectivity index (χ1v) is 6.93. The van der Waals surface area contributed by atoms with Crippen LogP contribution in [0.15, 0.2) is 12.1 Å². The van der Waals surface area contributed by atoms with Crippen molar-refractivity contribution in [2.45, 2.75) is 38.8 Å². The predicted molar refractivity (Wildman–Crippen MR) is 69.0 cm³/mol. The molecule has 2 rings (SSSR count). The van der Waals surface area contributed by atoms with Crippen LogP contribution in [0.3, 0.4) is 0 Å². The van der Waals surface area contributed by atoms with E-state index in [0.29, 0.717) is 18.1 Å². The van der Waals surface area contributed by atoms with E-state index in [1.807, 2.05) is 11.3 Å². The minimum atomic E-state index is 0.430. The molecule has 0 radical (unpaired) electrons. The van der Waals surface area contributed by atoms with Crippen LogP contribution in [-0.4, -0.2) is 19.8 Å². The average molecular weight is 239 g/mol. The van der Waals surface area contributed by atoms with Crippen LogP contribution >= 0.6 is 11.3 Å². The second-order valence-corrected chi connectivity index (χ2v) is 5.80. The van der Waals surface area contributed by atoms with Gasteiger partial charge >= 0.3 is 0 Å². The number of hydrogen-bond acceptors (Lipinski definition) is 3. The van der Waals surface area contributed by atoms with Gasteiger partial charge < -0.3 is 10.1 Å². The molecule has 0 aliphatic carbocycles. The smallest absolute Gasteiger partial charge is 0.0620 e. The molecular weight excluding hydrogens is 218 g/mol. The lowest BCUT2D eigenvalue weighted by molar-refractivity contribution is 0.0786. The average Bonchev–Trinajstić information content (AvgIpc) is 2.89. The van der Waals surface area contributed by atoms with Crippen molar-refractivity contribution in [1.82, 2.24) is 5.32 Å². The zero-order chi connectivity index (χ0) is 11.5. The molecule has 1 aliphatic rings. The normalized spacial score (nSPS) is 27.2. The van der Waals surface area contributed by atoms with Crippen molar-refractivity contribution in [3.8, 4) is 0 Å². The van der Waals surface area contributed by atoms with Gasteiger partial charge in [-0.3, -0.25) is 0 Å². The van der Waals surface area contributed by atoms with E-state index < -0.39 is 0 Å². The topological polar surface area (TPSA) is 21.3 Å². The van der Waals surface area contributed by atoms with Crippen LogP contribution in [0.1, 0.15) is 35.6 Å². The minimum absolute atomic E-state index is 0.430. The Bertz CT molecular complexity index is 336. The molecule has 3 unspecified atom stereocenters. The molecule has 0 spiro atoms. The van der Waals surface area contributed by atoms with Crippen LogP contribution in [-0.2, 0) is 4.74 Å². The molecule has 3 heteroatoms. The Morgan fingerprint density at radius 2 is 2.38 bits per heavy atom. The lowest BCUT2D eigenvalue weighted by Gasteiger charge is -2.25. The second kappa shape index (κ2) is 5.30. The fourth-order valence-corrected chi connectivity index (χ4v) is 3.72. The van der Waals surface area contributed by atoms with Crippen molar-refractivity contribution in [1.29, 1.82) is 0 Å². The van der Waals surface area contributed by atoms with Crippen molar-refractivity contribution >= 4 is 11.3 Å². The van der Waals surface area contributed by atoms with Gasteiger partial charge in [-0.15, -0.1) is 11.3 Å². The second-order valence-electron chi connectivity index (χ2n) is 4.48. The number of ether oxygens (including phenoxy) is 1. The van der Waals surface area contributed by atoms with Gasteiger partial charge in [0.15, 0.2) is 0 Å². The van der Waals surface area contributed by atoms with E-state index in [1.165, 1.54) is 16.2 Å². The first kappa shape index (κ1) is 12.1. The first-order chi connectivity index (χ1) is 7.76. The van der Waals surface area contributed by atoms with Crippen LogP contribution in [0.2, 0.25) is 0 Å². The van der Waals surface area contributed by atoms with Gasteiger partial charge in [-0.25, -0.2) is 0 Å². The number of thiophene rings is 1. The molecule has 16 heavy (non-hydrogen) atoms. The van der Waals surface area contributed by atoms with Gasteiger partial charge in [0, 0.05) is 28.3 Å². The Balaban J connectivity index is 2.15. The van der Waals surface area contributed by atoms with Crippen LogP contribution in [0.5, 0.6) is 0 Å². The van der Waals surface area contributed by atoms with Gasteiger partial charge in [0.05, 0.1) is 6.10 Å². The lowest BCUT2D eigenvalue weighted by Crippen LogP contribution is -2.30. The third kappa shape index (κ3) is 2.31. The highest BCUT2D eigenvalue weighted by Crippen LogP contribution is 2.37. The molecule has 2 nitrogen and oxygen atoms in total. The summed E-state index contributed by atoms with van der Waals surface area (Å²) in [4.78, 5) is 2.84. The quantitative estimate of drug-likeness (QED) is 0.871. The number of hydrogen-bond donors (Lipinski definition) is 1. The summed E-state index contributed by atoms with van der Waals surface area (Å²) in [7, 11) is 2.06. The van der Waals surface area contributed by atoms with E-state index in [-0.39, 0.29) is 0 Å². The molecule has 3 atom stereocenters. The van der Waals surface area contributed by atoms with E-state index in [1.54, 1.807) is 0 Å². The summed E-state index contributed by atoms with van der Waals surface area (Å²) in [5.41, 5.74) is 0. The molecule has 90 valence electrons. The van der Waals surface area contributed by atoms with Gasteiger partial charge in [-0.2, -0.15) is 0 Å². The molecule has 1 N–H and O–H groups in total. The molecule has 0 amide bonds. The predicted octanol–water partition coefficient (Wildman–Crippen LogP) is 3.13. The Kier molecular flexibility index (Phi) is 4.00. The molecule has 0 aromatic carbocycles. The van der Waals surface area contributed by atoms with Crippen molar-refractivity contribution in [3.05, 3.63) is 21.9 Å². The molecule has 1 aliphatic heterocycles. The number of aryl methyl sites for hydroxylation is 1. The summed E-state index contributed by atoms with van der Waals surface area (Å²) in [6.45, 7) is 5.31. The molecule has 1 fully saturated rings. The molecule has 1 aromatic heterocycles. The molecule has 0 saturated carbocycles. The largest absolute Gasteiger partial charge is 0.378 e. The van der Waals surface area contributed by atoms with E-state index in [0.717, 1.165) is 13.0 Å². The maximum Gasteiger partial charge on any atom is 0.0620 e. The fraction of sp³-hybridized carbons (Fsp3) is 0.692. The van der Waals surface area contributed by atoms with Gasteiger partial charge in [0.1, 0.15) is 0 Å². The van der Waals surface area contributed by atoms with Crippen LogP contribution in [0.4, 0.5) is 0 Å². The molecule has 0 bridgehead atoms. The zero-order valence-electron chi connectivity index (χ0n) is 10.3. The van der Waals surface area contributed by atoms with Crippen molar-refractivity contribution in [3.63, 3.8) is 0 Å². The molecule has 2 heterocycles. The van der Waals surface area contributed by atoms with Crippen molar-refractivity contribution < 1.29 is 4.74 Å². The van der Waals surface area contributed by atoms with Crippen molar-refractivity contribution in [2.24, 2.45) is 5.92 Å². The Morgan fingerprint density at radius 3 is 2.94 bits per heavy atom. The van der Waals surface area contributed by atoms with E-state index in [2.05, 4.69) is 38.3 Å². The number of nitrogens with one attached hydrogen (secondary N) is 1. The standard InChI is InChI=1S/C13H21NOS/c1-4-11-10(7-8-15-11)13(14-3)12-6-5-9(2)16-12/h5-6,10-11,13-14H,4,7-8H2,1-3H3. The van der Waals surface area contributed by atoms with Gasteiger partial charge in [0.2, 0.25) is 0 Å². The summed E-state index contributed by atoms with van der Waals surface area (Å²) in [6.07, 6.45) is 2.73. The minimum Gasteiger partial charge on any atom is -0.378 e. The third-order valence-electron chi connectivity index (χ3n) is 3.47. The molecule has 1 saturated heterocycles. The van der Waals surface area contributed by atoms with Gasteiger partial charge in [-0.1, -0.05) is 6.92 Å². The Labute approximate surface area is 102 Å². The summed E-state index contributed by atoms with van der Waals surface area (Å²) in [5.74, 6) is 0.632. The first-order valence-electron chi connectivity index (χ1n) is 6.11. The lowest BCUT2D eigenvalue weighted by atomic mass is 9.90. The summed E-state index contributed by atoms with van der Waals surface area (Å²) in [5, 5.41) is 3.47. The van der Waals surface area contributed by atoms with Crippen LogP contribution < -0.4 is 5.32 Å². The SMILES string of the molecule is CCC1OCCC1C(NC)c1ccc(C)s1. The Morgan fingerprint density at radius 1 is 1.56 bits per heavy atom. The van der Waals surface area contributed by atoms with Crippen LogP contribution in [0, 0.1) is 12.8 Å². The third-order valence-corrected chi connectivity index (χ3v) is 4.55. The van der Waals surface area contributed by atoms with E-state index in [9.17, 15) is 0 Å². The monoisotopic (exact) mass is 239 g/mol. The van der Waals surface area contributed by atoms with Crippen molar-refractivity contribution in [2.75, 3.05) is 13.7 Å². The van der Waals surface area contributed by atoms with E-state index >= 15 is 0 Å². The maximum absolute atomic E-state index is 5.79. The highest BCUT2D eigenvalue weighted by molar-refractivity contribution is 7.12. The van der Waals surface area contributed by atoms with Gasteiger partial charge in [-0.05, 0) is 38.9 Å². The summed E-state index contributed by atoms with van der Waals surface area (Å²) in [6, 6.07) is 4.93. The summed E-state index contributed by atoms with van der Waals surface area (Å²) < 4.78 is 5.79. The van der Waals surface area contributed by atoms with Gasteiger partial charge in [0.25, 0.3) is 0 Å².